The first kappa shape index (κ1) is 15.8. The van der Waals surface area contributed by atoms with E-state index in [0.717, 1.165) is 11.8 Å². The zero-order valence-electron chi connectivity index (χ0n) is 12.8. The van der Waals surface area contributed by atoms with Gasteiger partial charge in [-0.1, -0.05) is 70.4 Å². The molecule has 0 aromatic carbocycles. The summed E-state index contributed by atoms with van der Waals surface area (Å²) >= 11 is 0. The van der Waals surface area contributed by atoms with Gasteiger partial charge in [0.05, 0.1) is 0 Å². The molecule has 0 aromatic heterocycles. The summed E-state index contributed by atoms with van der Waals surface area (Å²) < 4.78 is 0. The first-order chi connectivity index (χ1) is 8.86. The molecular weight excluding hydrogens is 216 g/mol. The van der Waals surface area contributed by atoms with Crippen LogP contribution in [0.2, 0.25) is 0 Å². The molecule has 1 rings (SSSR count). The Kier molecular flexibility index (Phi) is 9.34. The monoisotopic (exact) mass is 250 g/mol. The molecule has 0 spiro atoms. The van der Waals surface area contributed by atoms with Gasteiger partial charge in [-0.2, -0.15) is 0 Å². The van der Waals surface area contributed by atoms with Crippen molar-refractivity contribution in [1.82, 2.24) is 0 Å². The van der Waals surface area contributed by atoms with Gasteiger partial charge >= 0.3 is 0 Å². The van der Waals surface area contributed by atoms with Gasteiger partial charge in [0.15, 0.2) is 0 Å². The van der Waals surface area contributed by atoms with Crippen molar-refractivity contribution in [3.05, 3.63) is 12.2 Å². The summed E-state index contributed by atoms with van der Waals surface area (Å²) in [6, 6.07) is 0. The van der Waals surface area contributed by atoms with E-state index in [1.165, 1.54) is 77.0 Å². The Hall–Kier alpha value is -0.260. The van der Waals surface area contributed by atoms with Gasteiger partial charge in [-0.25, -0.2) is 0 Å². The fourth-order valence-electron chi connectivity index (χ4n) is 3.33. The van der Waals surface area contributed by atoms with Gasteiger partial charge in [0.2, 0.25) is 0 Å². The zero-order valence-corrected chi connectivity index (χ0v) is 12.8. The third-order valence-electron chi connectivity index (χ3n) is 4.57. The van der Waals surface area contributed by atoms with E-state index in [1.807, 2.05) is 0 Å². The molecule has 0 amide bonds. The highest BCUT2D eigenvalue weighted by atomic mass is 14.2. The van der Waals surface area contributed by atoms with Crippen LogP contribution in [0.4, 0.5) is 0 Å². The third-order valence-corrected chi connectivity index (χ3v) is 4.57. The number of unbranched alkanes of at least 4 members (excludes halogenated alkanes) is 6. The van der Waals surface area contributed by atoms with Crippen molar-refractivity contribution in [2.45, 2.75) is 90.9 Å². The predicted octanol–water partition coefficient (Wildman–Crippen LogP) is 6.51. The second-order valence-corrected chi connectivity index (χ2v) is 6.22. The SMILES string of the molecule is CC=CC1CCC(CCCCCCCCC)CC1. The van der Waals surface area contributed by atoms with E-state index in [1.54, 1.807) is 0 Å². The lowest BCUT2D eigenvalue weighted by Gasteiger charge is -2.26. The number of hydrogen-bond acceptors (Lipinski definition) is 0. The van der Waals surface area contributed by atoms with Gasteiger partial charge in [0.1, 0.15) is 0 Å². The molecule has 0 aromatic rings. The van der Waals surface area contributed by atoms with Crippen molar-refractivity contribution >= 4 is 0 Å². The van der Waals surface area contributed by atoms with Crippen LogP contribution in [-0.2, 0) is 0 Å². The second-order valence-electron chi connectivity index (χ2n) is 6.22. The summed E-state index contributed by atoms with van der Waals surface area (Å²) in [6.07, 6.45) is 22.3. The average Bonchev–Trinajstić information content (AvgIpc) is 2.40. The lowest BCUT2D eigenvalue weighted by atomic mass is 9.79. The van der Waals surface area contributed by atoms with Crippen LogP contribution >= 0.6 is 0 Å². The van der Waals surface area contributed by atoms with Crippen LogP contribution in [0.5, 0.6) is 0 Å². The molecule has 0 N–H and O–H groups in total. The summed E-state index contributed by atoms with van der Waals surface area (Å²) in [5, 5.41) is 0. The van der Waals surface area contributed by atoms with E-state index in [9.17, 15) is 0 Å². The number of hydrogen-bond donors (Lipinski definition) is 0. The van der Waals surface area contributed by atoms with Crippen LogP contribution in [0, 0.1) is 11.8 Å². The quantitative estimate of drug-likeness (QED) is 0.323. The van der Waals surface area contributed by atoms with Gasteiger partial charge in [-0.05, 0) is 44.4 Å². The van der Waals surface area contributed by atoms with E-state index >= 15 is 0 Å². The minimum absolute atomic E-state index is 0.903. The Morgan fingerprint density at radius 3 is 2.06 bits per heavy atom. The highest BCUT2D eigenvalue weighted by Gasteiger charge is 2.18. The lowest BCUT2D eigenvalue weighted by Crippen LogP contribution is -2.12. The third kappa shape index (κ3) is 7.24. The van der Waals surface area contributed by atoms with E-state index in [2.05, 4.69) is 26.0 Å². The standard InChI is InChI=1S/C18H34/c1-3-5-6-7-8-9-10-12-18-15-13-17(11-4-2)14-16-18/h4,11,17-18H,3,5-10,12-16H2,1-2H3. The fraction of sp³-hybridized carbons (Fsp3) is 0.889. The topological polar surface area (TPSA) is 0 Å². The molecule has 1 saturated carbocycles. The van der Waals surface area contributed by atoms with Crippen molar-refractivity contribution in [2.24, 2.45) is 11.8 Å². The average molecular weight is 250 g/mol. The minimum Gasteiger partial charge on any atom is -0.0914 e. The Morgan fingerprint density at radius 2 is 1.44 bits per heavy atom. The Balaban J connectivity index is 1.91. The van der Waals surface area contributed by atoms with E-state index in [-0.39, 0.29) is 0 Å². The van der Waals surface area contributed by atoms with Crippen LogP contribution in [-0.4, -0.2) is 0 Å². The van der Waals surface area contributed by atoms with Gasteiger partial charge in [-0.15, -0.1) is 0 Å². The molecule has 0 bridgehead atoms. The van der Waals surface area contributed by atoms with Crippen molar-refractivity contribution in [2.75, 3.05) is 0 Å². The summed E-state index contributed by atoms with van der Waals surface area (Å²) in [4.78, 5) is 0. The minimum atomic E-state index is 0.903. The van der Waals surface area contributed by atoms with Gasteiger partial charge in [0.25, 0.3) is 0 Å². The molecule has 1 fully saturated rings. The summed E-state index contributed by atoms with van der Waals surface area (Å²) in [5.74, 6) is 1.96. The van der Waals surface area contributed by atoms with Gasteiger partial charge in [-0.3, -0.25) is 0 Å². The Labute approximate surface area is 115 Å². The molecule has 1 aliphatic rings. The van der Waals surface area contributed by atoms with Crippen molar-refractivity contribution in [3.8, 4) is 0 Å². The smallest absolute Gasteiger partial charge is 0.0233 e. The van der Waals surface area contributed by atoms with Crippen molar-refractivity contribution < 1.29 is 0 Å². The first-order valence-electron chi connectivity index (χ1n) is 8.49. The van der Waals surface area contributed by atoms with Gasteiger partial charge in [0, 0.05) is 0 Å². The highest BCUT2D eigenvalue weighted by Crippen LogP contribution is 2.32. The van der Waals surface area contributed by atoms with Crippen LogP contribution in [0.1, 0.15) is 90.9 Å². The number of rotatable bonds is 9. The van der Waals surface area contributed by atoms with Gasteiger partial charge < -0.3 is 0 Å². The maximum atomic E-state index is 2.42. The molecule has 0 heterocycles. The molecule has 0 atom stereocenters. The largest absolute Gasteiger partial charge is 0.0914 e. The Morgan fingerprint density at radius 1 is 0.833 bits per heavy atom. The predicted molar refractivity (Wildman–Crippen MR) is 82.9 cm³/mol. The van der Waals surface area contributed by atoms with Crippen molar-refractivity contribution in [3.63, 3.8) is 0 Å². The molecule has 0 saturated heterocycles. The van der Waals surface area contributed by atoms with Crippen molar-refractivity contribution in [1.29, 1.82) is 0 Å². The Bertz CT molecular complexity index is 196. The molecule has 106 valence electrons. The molecule has 18 heavy (non-hydrogen) atoms. The van der Waals surface area contributed by atoms with Crippen LogP contribution < -0.4 is 0 Å². The van der Waals surface area contributed by atoms with Crippen LogP contribution in [0.3, 0.4) is 0 Å². The maximum absolute atomic E-state index is 2.42. The highest BCUT2D eigenvalue weighted by molar-refractivity contribution is 4.88. The normalized spacial score (nSPS) is 24.8. The lowest BCUT2D eigenvalue weighted by molar-refractivity contribution is 0.288. The molecule has 0 unspecified atom stereocenters. The molecular formula is C18H34. The second kappa shape index (κ2) is 10.6. The van der Waals surface area contributed by atoms with E-state index in [4.69, 9.17) is 0 Å². The first-order valence-corrected chi connectivity index (χ1v) is 8.49. The van der Waals surface area contributed by atoms with E-state index < -0.39 is 0 Å². The molecule has 0 heteroatoms. The van der Waals surface area contributed by atoms with E-state index in [0.29, 0.717) is 0 Å². The van der Waals surface area contributed by atoms with Crippen LogP contribution in [0.25, 0.3) is 0 Å². The molecule has 0 radical (unpaired) electrons. The maximum Gasteiger partial charge on any atom is -0.0233 e. The molecule has 0 aliphatic heterocycles. The zero-order chi connectivity index (χ0) is 13.1. The fourth-order valence-corrected chi connectivity index (χ4v) is 3.33. The summed E-state index contributed by atoms with van der Waals surface area (Å²) in [6.45, 7) is 4.45. The summed E-state index contributed by atoms with van der Waals surface area (Å²) in [5.41, 5.74) is 0. The molecule has 1 aliphatic carbocycles. The molecule has 0 nitrogen and oxygen atoms in total. The van der Waals surface area contributed by atoms with Crippen LogP contribution in [0.15, 0.2) is 12.2 Å². The summed E-state index contributed by atoms with van der Waals surface area (Å²) in [7, 11) is 0. The number of allylic oxidation sites excluding steroid dienone is 2.